The lowest BCUT2D eigenvalue weighted by Crippen LogP contribution is -2.29. The van der Waals surface area contributed by atoms with Crippen molar-refractivity contribution in [2.45, 2.75) is 44.7 Å². The standard InChI is InChI=1S/C9H13N.C6H14N2O2.CH4O3S/c1-8(10)7-9-5-3-2-4-6-9;7-4-2-1-3-5(8)6(9)10;1-5(2,3)4/h2-6,8H,7,10H2,1H3;5H,1-4,7-8H2,(H,9,10);1H3,(H,2,3,4). The summed E-state index contributed by atoms with van der Waals surface area (Å²) < 4.78 is 25.9. The summed E-state index contributed by atoms with van der Waals surface area (Å²) >= 11 is 0. The summed E-state index contributed by atoms with van der Waals surface area (Å²) in [5.41, 5.74) is 17.4. The van der Waals surface area contributed by atoms with Crippen molar-refractivity contribution in [1.82, 2.24) is 0 Å². The maximum Gasteiger partial charge on any atom is 0.320 e. The second-order valence-corrected chi connectivity index (χ2v) is 7.10. The van der Waals surface area contributed by atoms with Gasteiger partial charge in [0.15, 0.2) is 0 Å². The number of carbonyl (C=O) groups is 1. The van der Waals surface area contributed by atoms with E-state index in [1.807, 2.05) is 25.1 Å². The number of rotatable bonds is 7. The molecule has 0 aromatic heterocycles. The van der Waals surface area contributed by atoms with Crippen molar-refractivity contribution in [2.24, 2.45) is 17.2 Å². The highest BCUT2D eigenvalue weighted by molar-refractivity contribution is 7.85. The van der Waals surface area contributed by atoms with Crippen molar-refractivity contribution in [3.63, 3.8) is 0 Å². The molecule has 0 heterocycles. The van der Waals surface area contributed by atoms with Crippen molar-refractivity contribution >= 4 is 16.1 Å². The monoisotopic (exact) mass is 377 g/mol. The van der Waals surface area contributed by atoms with Gasteiger partial charge in [0.25, 0.3) is 10.1 Å². The van der Waals surface area contributed by atoms with Gasteiger partial charge in [0.2, 0.25) is 0 Å². The van der Waals surface area contributed by atoms with E-state index in [1.54, 1.807) is 0 Å². The van der Waals surface area contributed by atoms with Gasteiger partial charge in [-0.3, -0.25) is 9.35 Å². The van der Waals surface area contributed by atoms with E-state index in [-0.39, 0.29) is 6.04 Å². The maximum atomic E-state index is 10.1. The van der Waals surface area contributed by atoms with E-state index >= 15 is 0 Å². The molecule has 9 heteroatoms. The number of unbranched alkanes of at least 4 members (excludes halogenated alkanes) is 1. The molecule has 0 bridgehead atoms. The van der Waals surface area contributed by atoms with E-state index in [2.05, 4.69) is 12.1 Å². The number of hydrogen-bond donors (Lipinski definition) is 5. The Balaban J connectivity index is 0. The summed E-state index contributed by atoms with van der Waals surface area (Å²) in [4.78, 5) is 10.1. The first kappa shape index (κ1) is 25.7. The van der Waals surface area contributed by atoms with Crippen LogP contribution in [0, 0.1) is 0 Å². The molecule has 146 valence electrons. The molecular formula is C16H31N3O5S. The SMILES string of the molecule is CC(N)Cc1ccccc1.CS(=O)(=O)O.NCCCCC(N)C(=O)O. The Hall–Kier alpha value is -1.52. The van der Waals surface area contributed by atoms with E-state index < -0.39 is 22.1 Å². The van der Waals surface area contributed by atoms with Gasteiger partial charge < -0.3 is 22.3 Å². The molecule has 1 aromatic carbocycles. The summed E-state index contributed by atoms with van der Waals surface area (Å²) in [6.45, 7) is 2.62. The number of carboxylic acid groups (broad SMARTS) is 1. The van der Waals surface area contributed by atoms with Gasteiger partial charge >= 0.3 is 5.97 Å². The zero-order chi connectivity index (χ0) is 19.9. The molecule has 0 spiro atoms. The van der Waals surface area contributed by atoms with Crippen molar-refractivity contribution < 1.29 is 22.9 Å². The minimum absolute atomic E-state index is 0.266. The van der Waals surface area contributed by atoms with E-state index in [0.29, 0.717) is 19.2 Å². The first-order valence-electron chi connectivity index (χ1n) is 7.87. The number of nitrogens with two attached hydrogens (primary N) is 3. The normalized spacial score (nSPS) is 12.7. The first-order chi connectivity index (χ1) is 11.5. The Kier molecular flexibility index (Phi) is 15.2. The van der Waals surface area contributed by atoms with Crippen LogP contribution in [0.5, 0.6) is 0 Å². The third-order valence-corrected chi connectivity index (χ3v) is 2.69. The van der Waals surface area contributed by atoms with Gasteiger partial charge in [0.1, 0.15) is 6.04 Å². The molecule has 0 fully saturated rings. The van der Waals surface area contributed by atoms with E-state index in [0.717, 1.165) is 19.3 Å². The smallest absolute Gasteiger partial charge is 0.320 e. The highest BCUT2D eigenvalue weighted by atomic mass is 32.2. The Bertz CT molecular complexity index is 542. The van der Waals surface area contributed by atoms with Gasteiger partial charge in [-0.15, -0.1) is 0 Å². The van der Waals surface area contributed by atoms with Crippen LogP contribution in [0.1, 0.15) is 31.7 Å². The molecule has 1 rings (SSSR count). The Labute approximate surface area is 150 Å². The van der Waals surface area contributed by atoms with Gasteiger partial charge in [-0.25, -0.2) is 0 Å². The second-order valence-electron chi connectivity index (χ2n) is 5.63. The van der Waals surface area contributed by atoms with Crippen molar-refractivity contribution in [3.05, 3.63) is 35.9 Å². The topological polar surface area (TPSA) is 170 Å². The quantitative estimate of drug-likeness (QED) is 0.340. The maximum absolute atomic E-state index is 10.1. The molecule has 0 saturated carbocycles. The largest absolute Gasteiger partial charge is 0.480 e. The second kappa shape index (κ2) is 14.8. The molecule has 0 aliphatic rings. The molecule has 0 radical (unpaired) electrons. The lowest BCUT2D eigenvalue weighted by molar-refractivity contribution is -0.138. The van der Waals surface area contributed by atoms with Gasteiger partial charge in [0.05, 0.1) is 6.26 Å². The van der Waals surface area contributed by atoms with Crippen molar-refractivity contribution in [3.8, 4) is 0 Å². The summed E-state index contributed by atoms with van der Waals surface area (Å²) in [5, 5.41) is 8.33. The fourth-order valence-corrected chi connectivity index (χ4v) is 1.62. The van der Waals surface area contributed by atoms with Crippen LogP contribution in [-0.2, 0) is 21.3 Å². The number of carboxylic acids is 1. The zero-order valence-electron chi connectivity index (χ0n) is 14.8. The average Bonchev–Trinajstić information content (AvgIpc) is 2.46. The fourth-order valence-electron chi connectivity index (χ4n) is 1.62. The lowest BCUT2D eigenvalue weighted by Gasteiger charge is -2.03. The summed E-state index contributed by atoms with van der Waals surface area (Å²) in [6, 6.07) is 9.85. The summed E-state index contributed by atoms with van der Waals surface area (Å²) in [6.07, 6.45) is 3.85. The van der Waals surface area contributed by atoms with E-state index in [4.69, 9.17) is 26.9 Å². The van der Waals surface area contributed by atoms with E-state index in [9.17, 15) is 13.2 Å². The Morgan fingerprint density at radius 3 is 2.00 bits per heavy atom. The van der Waals surface area contributed by atoms with Crippen LogP contribution in [0.3, 0.4) is 0 Å². The number of benzene rings is 1. The molecule has 0 aliphatic carbocycles. The Morgan fingerprint density at radius 1 is 1.16 bits per heavy atom. The molecule has 8 nitrogen and oxygen atoms in total. The molecule has 0 aliphatic heterocycles. The summed E-state index contributed by atoms with van der Waals surface area (Å²) in [5.74, 6) is -0.933. The minimum atomic E-state index is -3.67. The van der Waals surface area contributed by atoms with Crippen LogP contribution < -0.4 is 17.2 Å². The number of hydrogen-bond acceptors (Lipinski definition) is 6. The third kappa shape index (κ3) is 24.8. The molecule has 2 atom stereocenters. The molecule has 0 saturated heterocycles. The summed E-state index contributed by atoms with van der Waals surface area (Å²) in [7, 11) is -3.67. The van der Waals surface area contributed by atoms with Crippen LogP contribution in [0.2, 0.25) is 0 Å². The zero-order valence-corrected chi connectivity index (χ0v) is 15.7. The molecule has 8 N–H and O–H groups in total. The third-order valence-electron chi connectivity index (χ3n) is 2.69. The van der Waals surface area contributed by atoms with Crippen LogP contribution >= 0.6 is 0 Å². The van der Waals surface area contributed by atoms with Gasteiger partial charge in [0, 0.05) is 6.04 Å². The predicted molar refractivity (Wildman–Crippen MR) is 99.8 cm³/mol. The van der Waals surface area contributed by atoms with Gasteiger partial charge in [-0.05, 0) is 38.3 Å². The minimum Gasteiger partial charge on any atom is -0.480 e. The molecule has 2 unspecified atom stereocenters. The fraction of sp³-hybridized carbons (Fsp3) is 0.562. The van der Waals surface area contributed by atoms with Crippen LogP contribution in [-0.4, -0.2) is 48.9 Å². The van der Waals surface area contributed by atoms with Crippen LogP contribution in [0.25, 0.3) is 0 Å². The first-order valence-corrected chi connectivity index (χ1v) is 9.72. The highest BCUT2D eigenvalue weighted by Crippen LogP contribution is 2.00. The van der Waals surface area contributed by atoms with E-state index in [1.165, 1.54) is 5.56 Å². The van der Waals surface area contributed by atoms with Gasteiger partial charge in [-0.2, -0.15) is 8.42 Å². The Morgan fingerprint density at radius 2 is 1.64 bits per heavy atom. The highest BCUT2D eigenvalue weighted by Gasteiger charge is 2.09. The van der Waals surface area contributed by atoms with Crippen LogP contribution in [0.15, 0.2) is 30.3 Å². The lowest BCUT2D eigenvalue weighted by atomic mass is 10.1. The average molecular weight is 378 g/mol. The van der Waals surface area contributed by atoms with Gasteiger partial charge in [-0.1, -0.05) is 36.8 Å². The van der Waals surface area contributed by atoms with Crippen LogP contribution in [0.4, 0.5) is 0 Å². The number of aliphatic carboxylic acids is 1. The molecule has 25 heavy (non-hydrogen) atoms. The molecular weight excluding hydrogens is 346 g/mol. The molecule has 1 aromatic rings. The predicted octanol–water partition coefficient (Wildman–Crippen LogP) is 0.608. The van der Waals surface area contributed by atoms with Crippen molar-refractivity contribution in [1.29, 1.82) is 0 Å². The molecule has 0 amide bonds. The van der Waals surface area contributed by atoms with Crippen molar-refractivity contribution in [2.75, 3.05) is 12.8 Å².